The van der Waals surface area contributed by atoms with Gasteiger partial charge in [-0.2, -0.15) is 0 Å². The van der Waals surface area contributed by atoms with Gasteiger partial charge in [0, 0.05) is 19.6 Å². The summed E-state index contributed by atoms with van der Waals surface area (Å²) in [5.41, 5.74) is 2.03. The molecule has 5 nitrogen and oxygen atoms in total. The van der Waals surface area contributed by atoms with Crippen LogP contribution in [0.1, 0.15) is 43.2 Å². The molecule has 148 valence electrons. The van der Waals surface area contributed by atoms with Gasteiger partial charge >= 0.3 is 0 Å². The molecule has 1 N–H and O–H groups in total. The van der Waals surface area contributed by atoms with Crippen LogP contribution in [0.15, 0.2) is 12.1 Å². The standard InChI is InChI=1S/C22H31NO4/c1-4-22(9-6-5-7-10-22)27-16-19(24)15-23-11-8-17-12-20(25-2)21(26-3)13-18(17)14-23/h1,12-13,19,24H,5-11,14-16H2,2-3H3. The zero-order valence-corrected chi connectivity index (χ0v) is 16.5. The largest absolute Gasteiger partial charge is 0.493 e. The Labute approximate surface area is 162 Å². The first-order chi connectivity index (χ1) is 13.1. The van der Waals surface area contributed by atoms with Crippen LogP contribution >= 0.6 is 0 Å². The van der Waals surface area contributed by atoms with Crippen LogP contribution in [0.5, 0.6) is 11.5 Å². The highest BCUT2D eigenvalue weighted by molar-refractivity contribution is 5.48. The summed E-state index contributed by atoms with van der Waals surface area (Å²) in [5.74, 6) is 4.35. The monoisotopic (exact) mass is 373 g/mol. The quantitative estimate of drug-likeness (QED) is 0.745. The van der Waals surface area contributed by atoms with Gasteiger partial charge in [0.1, 0.15) is 5.60 Å². The van der Waals surface area contributed by atoms with Crippen molar-refractivity contribution in [2.75, 3.05) is 33.9 Å². The summed E-state index contributed by atoms with van der Waals surface area (Å²) in [5, 5.41) is 10.5. The lowest BCUT2D eigenvalue weighted by Gasteiger charge is -2.35. The molecule has 5 heteroatoms. The fourth-order valence-corrected chi connectivity index (χ4v) is 4.16. The number of fused-ring (bicyclic) bond motifs is 1. The van der Waals surface area contributed by atoms with Crippen LogP contribution in [0.3, 0.4) is 0 Å². The molecule has 1 saturated carbocycles. The third kappa shape index (κ3) is 4.76. The van der Waals surface area contributed by atoms with Crippen molar-refractivity contribution >= 4 is 0 Å². The molecule has 0 amide bonds. The summed E-state index contributed by atoms with van der Waals surface area (Å²) >= 11 is 0. The Bertz CT molecular complexity index is 676. The number of hydrogen-bond donors (Lipinski definition) is 1. The molecule has 0 saturated heterocycles. The molecule has 0 spiro atoms. The van der Waals surface area contributed by atoms with Crippen molar-refractivity contribution in [3.8, 4) is 23.8 Å². The fraction of sp³-hybridized carbons (Fsp3) is 0.636. The van der Waals surface area contributed by atoms with Gasteiger partial charge < -0.3 is 19.3 Å². The molecule has 0 aromatic heterocycles. The molecule has 3 rings (SSSR count). The minimum absolute atomic E-state index is 0.291. The highest BCUT2D eigenvalue weighted by Crippen LogP contribution is 2.34. The smallest absolute Gasteiger partial charge is 0.161 e. The van der Waals surface area contributed by atoms with Crippen molar-refractivity contribution in [2.24, 2.45) is 0 Å². The molecule has 0 radical (unpaired) electrons. The molecule has 0 bridgehead atoms. The SMILES string of the molecule is C#CC1(OCC(O)CN2CCc3cc(OC)c(OC)cc3C2)CCCCC1. The van der Waals surface area contributed by atoms with Gasteiger partial charge in [-0.15, -0.1) is 6.42 Å². The molecule has 1 heterocycles. The van der Waals surface area contributed by atoms with E-state index in [0.29, 0.717) is 13.2 Å². The number of nitrogens with zero attached hydrogens (tertiary/aromatic N) is 1. The topological polar surface area (TPSA) is 51.2 Å². The van der Waals surface area contributed by atoms with Crippen LogP contribution in [0.25, 0.3) is 0 Å². The average molecular weight is 373 g/mol. The number of ether oxygens (including phenoxy) is 3. The van der Waals surface area contributed by atoms with Crippen molar-refractivity contribution in [3.05, 3.63) is 23.3 Å². The van der Waals surface area contributed by atoms with Gasteiger partial charge in [0.2, 0.25) is 0 Å². The van der Waals surface area contributed by atoms with Crippen molar-refractivity contribution in [1.82, 2.24) is 4.90 Å². The molecule has 27 heavy (non-hydrogen) atoms. The fourth-order valence-electron chi connectivity index (χ4n) is 4.16. The van der Waals surface area contributed by atoms with Gasteiger partial charge in [-0.3, -0.25) is 4.90 Å². The normalized spacial score (nSPS) is 20.4. The molecule has 1 aromatic carbocycles. The zero-order chi connectivity index (χ0) is 19.3. The van der Waals surface area contributed by atoms with E-state index in [1.165, 1.54) is 17.5 Å². The number of terminal acetylenes is 1. The molecular weight excluding hydrogens is 342 g/mol. The van der Waals surface area contributed by atoms with Gasteiger partial charge in [0.15, 0.2) is 11.5 Å². The Hall–Kier alpha value is -1.74. The number of β-amino-alcohol motifs (C(OH)–C–C–N with tert-alkyl or cyclic N) is 1. The lowest BCUT2D eigenvalue weighted by atomic mass is 9.85. The molecule has 1 fully saturated rings. The molecule has 1 aromatic rings. The predicted octanol–water partition coefficient (Wildman–Crippen LogP) is 2.78. The molecule has 1 aliphatic heterocycles. The highest BCUT2D eigenvalue weighted by Gasteiger charge is 2.31. The molecule has 1 aliphatic carbocycles. The van der Waals surface area contributed by atoms with Crippen molar-refractivity contribution in [3.63, 3.8) is 0 Å². The van der Waals surface area contributed by atoms with Crippen molar-refractivity contribution < 1.29 is 19.3 Å². The summed E-state index contributed by atoms with van der Waals surface area (Å²) in [6.45, 7) is 2.56. The third-order valence-electron chi connectivity index (χ3n) is 5.74. The Morgan fingerprint density at radius 1 is 1.15 bits per heavy atom. The van der Waals surface area contributed by atoms with Crippen LogP contribution in [-0.4, -0.2) is 55.6 Å². The van der Waals surface area contributed by atoms with E-state index in [4.69, 9.17) is 20.6 Å². The first kappa shape index (κ1) is 20.0. The van der Waals surface area contributed by atoms with E-state index in [1.807, 2.05) is 6.07 Å². The second-order valence-electron chi connectivity index (χ2n) is 7.63. The van der Waals surface area contributed by atoms with Gasteiger partial charge in [0.25, 0.3) is 0 Å². The van der Waals surface area contributed by atoms with E-state index >= 15 is 0 Å². The summed E-state index contributed by atoms with van der Waals surface area (Å²) in [4.78, 5) is 2.26. The number of hydrogen-bond acceptors (Lipinski definition) is 5. The maximum Gasteiger partial charge on any atom is 0.161 e. The second-order valence-corrected chi connectivity index (χ2v) is 7.63. The van der Waals surface area contributed by atoms with E-state index in [0.717, 1.165) is 56.7 Å². The minimum atomic E-state index is -0.543. The van der Waals surface area contributed by atoms with Crippen LogP contribution < -0.4 is 9.47 Å². The number of aliphatic hydroxyl groups excluding tert-OH is 1. The Morgan fingerprint density at radius 3 is 2.44 bits per heavy atom. The van der Waals surface area contributed by atoms with E-state index in [2.05, 4.69) is 16.9 Å². The predicted molar refractivity (Wildman–Crippen MR) is 105 cm³/mol. The van der Waals surface area contributed by atoms with Crippen LogP contribution in [0.4, 0.5) is 0 Å². The lowest BCUT2D eigenvalue weighted by Crippen LogP contribution is -2.41. The Kier molecular flexibility index (Phi) is 6.64. The highest BCUT2D eigenvalue weighted by atomic mass is 16.5. The first-order valence-electron chi connectivity index (χ1n) is 9.85. The Balaban J connectivity index is 1.55. The summed E-state index contributed by atoms with van der Waals surface area (Å²) in [6, 6.07) is 4.10. The van der Waals surface area contributed by atoms with Crippen LogP contribution in [-0.2, 0) is 17.7 Å². The van der Waals surface area contributed by atoms with Gasteiger partial charge in [-0.05, 0) is 55.4 Å². The third-order valence-corrected chi connectivity index (χ3v) is 5.74. The Morgan fingerprint density at radius 2 is 1.81 bits per heavy atom. The number of aliphatic hydroxyl groups is 1. The average Bonchev–Trinajstić information content (AvgIpc) is 2.71. The maximum atomic E-state index is 10.5. The molecule has 1 unspecified atom stereocenters. The summed E-state index contributed by atoms with van der Waals surface area (Å²) in [7, 11) is 3.31. The van der Waals surface area contributed by atoms with Gasteiger partial charge in [-0.25, -0.2) is 0 Å². The van der Waals surface area contributed by atoms with E-state index < -0.39 is 11.7 Å². The summed E-state index contributed by atoms with van der Waals surface area (Å²) < 4.78 is 16.8. The van der Waals surface area contributed by atoms with Crippen molar-refractivity contribution in [1.29, 1.82) is 0 Å². The molecular formula is C22H31NO4. The van der Waals surface area contributed by atoms with Crippen LogP contribution in [0, 0.1) is 12.3 Å². The number of rotatable bonds is 7. The molecule has 1 atom stereocenters. The minimum Gasteiger partial charge on any atom is -0.493 e. The lowest BCUT2D eigenvalue weighted by molar-refractivity contribution is -0.0703. The number of methoxy groups -OCH3 is 2. The number of benzene rings is 1. The van der Waals surface area contributed by atoms with Crippen molar-refractivity contribution in [2.45, 2.75) is 56.8 Å². The van der Waals surface area contributed by atoms with E-state index in [-0.39, 0.29) is 0 Å². The molecule has 2 aliphatic rings. The van der Waals surface area contributed by atoms with E-state index in [1.54, 1.807) is 14.2 Å². The van der Waals surface area contributed by atoms with Gasteiger partial charge in [-0.1, -0.05) is 12.3 Å². The maximum absolute atomic E-state index is 10.5. The van der Waals surface area contributed by atoms with Gasteiger partial charge in [0.05, 0.1) is 26.9 Å². The van der Waals surface area contributed by atoms with Crippen LogP contribution in [0.2, 0.25) is 0 Å². The summed E-state index contributed by atoms with van der Waals surface area (Å²) in [6.07, 6.45) is 11.3. The zero-order valence-electron chi connectivity index (χ0n) is 16.5. The second kappa shape index (κ2) is 8.97. The van der Waals surface area contributed by atoms with E-state index in [9.17, 15) is 5.11 Å². The first-order valence-corrected chi connectivity index (χ1v) is 9.85.